The monoisotopic (exact) mass is 400 g/mol. The van der Waals surface area contributed by atoms with Gasteiger partial charge in [0.2, 0.25) is 5.91 Å². The average molecular weight is 401 g/mol. The number of aryl methyl sites for hydroxylation is 2. The van der Waals surface area contributed by atoms with Crippen molar-refractivity contribution in [1.29, 1.82) is 0 Å². The molecule has 0 aliphatic carbocycles. The van der Waals surface area contributed by atoms with E-state index in [0.29, 0.717) is 0 Å². The number of anilines is 1. The molecule has 0 radical (unpaired) electrons. The molecule has 0 atom stereocenters. The molecule has 1 aliphatic heterocycles. The molecule has 0 spiro atoms. The van der Waals surface area contributed by atoms with Gasteiger partial charge in [-0.2, -0.15) is 0 Å². The summed E-state index contributed by atoms with van der Waals surface area (Å²) >= 11 is 3.47. The van der Waals surface area contributed by atoms with Gasteiger partial charge in [-0.05, 0) is 74.7 Å². The molecule has 1 heterocycles. The third-order valence-corrected chi connectivity index (χ3v) is 5.46. The Morgan fingerprint density at radius 1 is 1.12 bits per heavy atom. The van der Waals surface area contributed by atoms with Gasteiger partial charge < -0.3 is 5.32 Å². The summed E-state index contributed by atoms with van der Waals surface area (Å²) < 4.78 is 1.11. The van der Waals surface area contributed by atoms with E-state index in [1.54, 1.807) is 0 Å². The molecule has 1 fully saturated rings. The Kier molecular flexibility index (Phi) is 5.92. The minimum absolute atomic E-state index is 0.112. The highest BCUT2D eigenvalue weighted by molar-refractivity contribution is 9.10. The molecule has 1 saturated heterocycles. The molecule has 3 rings (SSSR count). The highest BCUT2D eigenvalue weighted by Gasteiger charge is 2.25. The lowest BCUT2D eigenvalue weighted by Crippen LogP contribution is -2.37. The standard InChI is InChI=1S/C21H25BrN2O/c1-15-3-4-16(2)20(13-15)23-21(25)18-9-11-24(12-10-18)14-17-5-7-19(22)8-6-17/h3-8,13,18H,9-12,14H2,1-2H3,(H,23,25). The predicted molar refractivity (Wildman–Crippen MR) is 107 cm³/mol. The highest BCUT2D eigenvalue weighted by atomic mass is 79.9. The predicted octanol–water partition coefficient (Wildman–Crippen LogP) is 4.92. The van der Waals surface area contributed by atoms with Crippen LogP contribution in [0, 0.1) is 19.8 Å². The third kappa shape index (κ3) is 4.93. The molecule has 0 aromatic heterocycles. The Bertz CT molecular complexity index is 734. The normalized spacial score (nSPS) is 16.0. The zero-order chi connectivity index (χ0) is 17.8. The molecule has 132 valence electrons. The van der Waals surface area contributed by atoms with Crippen molar-refractivity contribution in [2.24, 2.45) is 5.92 Å². The van der Waals surface area contributed by atoms with E-state index in [9.17, 15) is 4.79 Å². The van der Waals surface area contributed by atoms with E-state index < -0.39 is 0 Å². The largest absolute Gasteiger partial charge is 0.326 e. The Labute approximate surface area is 158 Å². The summed E-state index contributed by atoms with van der Waals surface area (Å²) in [6.45, 7) is 6.99. The molecule has 2 aromatic carbocycles. The first-order chi connectivity index (χ1) is 12.0. The van der Waals surface area contributed by atoms with Crippen molar-refractivity contribution in [2.45, 2.75) is 33.2 Å². The fourth-order valence-corrected chi connectivity index (χ4v) is 3.57. The maximum atomic E-state index is 12.6. The lowest BCUT2D eigenvalue weighted by Gasteiger charge is -2.31. The number of hydrogen-bond acceptors (Lipinski definition) is 2. The molecule has 25 heavy (non-hydrogen) atoms. The van der Waals surface area contributed by atoms with Crippen LogP contribution >= 0.6 is 15.9 Å². The van der Waals surface area contributed by atoms with Crippen LogP contribution in [-0.2, 0) is 11.3 Å². The van der Waals surface area contributed by atoms with Crippen molar-refractivity contribution >= 4 is 27.5 Å². The number of nitrogens with one attached hydrogen (secondary N) is 1. The molecule has 1 N–H and O–H groups in total. The maximum absolute atomic E-state index is 12.6. The average Bonchev–Trinajstić information content (AvgIpc) is 2.61. The highest BCUT2D eigenvalue weighted by Crippen LogP contribution is 2.23. The number of benzene rings is 2. The van der Waals surface area contributed by atoms with E-state index in [1.807, 2.05) is 6.92 Å². The molecule has 1 amide bonds. The van der Waals surface area contributed by atoms with E-state index in [2.05, 4.69) is 75.5 Å². The van der Waals surface area contributed by atoms with Crippen molar-refractivity contribution < 1.29 is 4.79 Å². The van der Waals surface area contributed by atoms with E-state index in [1.165, 1.54) is 11.1 Å². The van der Waals surface area contributed by atoms with E-state index >= 15 is 0 Å². The summed E-state index contributed by atoms with van der Waals surface area (Å²) in [5.74, 6) is 0.276. The van der Waals surface area contributed by atoms with Crippen LogP contribution in [0.2, 0.25) is 0 Å². The molecule has 0 saturated carbocycles. The summed E-state index contributed by atoms with van der Waals surface area (Å²) in [5, 5.41) is 3.13. The first kappa shape index (κ1) is 18.2. The first-order valence-electron chi connectivity index (χ1n) is 8.86. The van der Waals surface area contributed by atoms with Gasteiger partial charge in [-0.1, -0.05) is 40.2 Å². The zero-order valence-electron chi connectivity index (χ0n) is 14.9. The summed E-state index contributed by atoms with van der Waals surface area (Å²) in [6.07, 6.45) is 1.85. The van der Waals surface area contributed by atoms with Gasteiger partial charge in [0.05, 0.1) is 0 Å². The summed E-state index contributed by atoms with van der Waals surface area (Å²) in [5.41, 5.74) is 4.56. The molecule has 4 heteroatoms. The van der Waals surface area contributed by atoms with Crippen molar-refractivity contribution in [3.05, 3.63) is 63.6 Å². The van der Waals surface area contributed by atoms with Gasteiger partial charge in [-0.25, -0.2) is 0 Å². The SMILES string of the molecule is Cc1ccc(C)c(NC(=O)C2CCN(Cc3ccc(Br)cc3)CC2)c1. The van der Waals surface area contributed by atoms with Crippen molar-refractivity contribution in [3.63, 3.8) is 0 Å². The van der Waals surface area contributed by atoms with Crippen LogP contribution in [0.5, 0.6) is 0 Å². The van der Waals surface area contributed by atoms with Gasteiger partial charge in [0.1, 0.15) is 0 Å². The number of carbonyl (C=O) groups is 1. The molecule has 0 unspecified atom stereocenters. The van der Waals surface area contributed by atoms with Gasteiger partial charge in [0.15, 0.2) is 0 Å². The Morgan fingerprint density at radius 2 is 1.80 bits per heavy atom. The zero-order valence-corrected chi connectivity index (χ0v) is 16.5. The van der Waals surface area contributed by atoms with Crippen LogP contribution in [-0.4, -0.2) is 23.9 Å². The maximum Gasteiger partial charge on any atom is 0.227 e. The number of rotatable bonds is 4. The number of piperidine rings is 1. The minimum atomic E-state index is 0.112. The molecule has 3 nitrogen and oxygen atoms in total. The quantitative estimate of drug-likeness (QED) is 0.789. The van der Waals surface area contributed by atoms with Crippen molar-refractivity contribution in [1.82, 2.24) is 4.90 Å². The van der Waals surface area contributed by atoms with Crippen LogP contribution in [0.15, 0.2) is 46.9 Å². The van der Waals surface area contributed by atoms with E-state index in [-0.39, 0.29) is 11.8 Å². The number of likely N-dealkylation sites (tertiary alicyclic amines) is 1. The number of amides is 1. The fourth-order valence-electron chi connectivity index (χ4n) is 3.31. The first-order valence-corrected chi connectivity index (χ1v) is 9.65. The van der Waals surface area contributed by atoms with Crippen LogP contribution in [0.1, 0.15) is 29.5 Å². The summed E-state index contributed by atoms with van der Waals surface area (Å²) in [4.78, 5) is 15.0. The number of hydrogen-bond donors (Lipinski definition) is 1. The summed E-state index contributed by atoms with van der Waals surface area (Å²) in [7, 11) is 0. The van der Waals surface area contributed by atoms with Crippen molar-refractivity contribution in [3.8, 4) is 0 Å². The van der Waals surface area contributed by atoms with Crippen LogP contribution < -0.4 is 5.32 Å². The molecule has 1 aliphatic rings. The van der Waals surface area contributed by atoms with Crippen LogP contribution in [0.25, 0.3) is 0 Å². The van der Waals surface area contributed by atoms with E-state index in [4.69, 9.17) is 0 Å². The molecule has 2 aromatic rings. The van der Waals surface area contributed by atoms with Crippen LogP contribution in [0.3, 0.4) is 0 Å². The second-order valence-corrected chi connectivity index (χ2v) is 7.90. The van der Waals surface area contributed by atoms with Gasteiger partial charge >= 0.3 is 0 Å². The van der Waals surface area contributed by atoms with Gasteiger partial charge in [-0.15, -0.1) is 0 Å². The topological polar surface area (TPSA) is 32.3 Å². The number of carbonyl (C=O) groups excluding carboxylic acids is 1. The van der Waals surface area contributed by atoms with Gasteiger partial charge in [0.25, 0.3) is 0 Å². The van der Waals surface area contributed by atoms with Gasteiger partial charge in [-0.3, -0.25) is 9.69 Å². The second-order valence-electron chi connectivity index (χ2n) is 6.98. The lowest BCUT2D eigenvalue weighted by molar-refractivity contribution is -0.121. The van der Waals surface area contributed by atoms with Crippen molar-refractivity contribution in [2.75, 3.05) is 18.4 Å². The smallest absolute Gasteiger partial charge is 0.227 e. The second kappa shape index (κ2) is 8.15. The number of halogens is 1. The Morgan fingerprint density at radius 3 is 2.48 bits per heavy atom. The Balaban J connectivity index is 1.52. The Hall–Kier alpha value is -1.65. The van der Waals surface area contributed by atoms with Crippen LogP contribution in [0.4, 0.5) is 5.69 Å². The molecular weight excluding hydrogens is 376 g/mol. The fraction of sp³-hybridized carbons (Fsp3) is 0.381. The third-order valence-electron chi connectivity index (χ3n) is 4.93. The summed E-state index contributed by atoms with van der Waals surface area (Å²) in [6, 6.07) is 14.7. The van der Waals surface area contributed by atoms with E-state index in [0.717, 1.165) is 48.2 Å². The minimum Gasteiger partial charge on any atom is -0.326 e. The number of nitrogens with zero attached hydrogens (tertiary/aromatic N) is 1. The lowest BCUT2D eigenvalue weighted by atomic mass is 9.95. The molecule has 0 bridgehead atoms. The van der Waals surface area contributed by atoms with Gasteiger partial charge in [0, 0.05) is 22.6 Å². The molecular formula is C21H25BrN2O.